The van der Waals surface area contributed by atoms with Crippen LogP contribution in [-0.2, 0) is 0 Å². The molecule has 0 bridgehead atoms. The molecule has 0 aliphatic carbocycles. The molecule has 0 amide bonds. The molecule has 0 aliphatic heterocycles. The van der Waals surface area contributed by atoms with Crippen molar-refractivity contribution in [2.24, 2.45) is 0 Å². The van der Waals surface area contributed by atoms with Gasteiger partial charge in [0.25, 0.3) is 0 Å². The highest BCUT2D eigenvalue weighted by Gasteiger charge is 1.98. The number of nitrogens with zero attached hydrogens (tertiary/aromatic N) is 1. The lowest BCUT2D eigenvalue weighted by Crippen LogP contribution is -2.16. The molecular formula is C11H19N3O. The molecule has 0 aliphatic rings. The smallest absolute Gasteiger partial charge is 0.128 e. The van der Waals surface area contributed by atoms with E-state index >= 15 is 0 Å². The Morgan fingerprint density at radius 3 is 2.60 bits per heavy atom. The van der Waals surface area contributed by atoms with Gasteiger partial charge in [-0.05, 0) is 25.5 Å². The molecule has 1 heterocycles. The third-order valence-corrected chi connectivity index (χ3v) is 1.88. The van der Waals surface area contributed by atoms with E-state index in [1.54, 1.807) is 6.92 Å². The first-order chi connectivity index (χ1) is 7.22. The summed E-state index contributed by atoms with van der Waals surface area (Å²) >= 11 is 0. The maximum atomic E-state index is 9.12. The molecular weight excluding hydrogens is 190 g/mol. The second-order valence-corrected chi connectivity index (χ2v) is 3.56. The van der Waals surface area contributed by atoms with Crippen molar-refractivity contribution < 1.29 is 5.11 Å². The Labute approximate surface area is 90.7 Å². The normalized spacial score (nSPS) is 12.2. The topological polar surface area (TPSA) is 57.2 Å². The Morgan fingerprint density at radius 2 is 2.00 bits per heavy atom. The predicted molar refractivity (Wildman–Crippen MR) is 63.2 cm³/mol. The maximum Gasteiger partial charge on any atom is 0.128 e. The SMILES string of the molecule is CCCNc1cccc(NCC(C)O)n1. The van der Waals surface area contributed by atoms with Crippen molar-refractivity contribution in [1.29, 1.82) is 0 Å². The van der Waals surface area contributed by atoms with Crippen LogP contribution in [0.1, 0.15) is 20.3 Å². The lowest BCUT2D eigenvalue weighted by Gasteiger charge is -2.09. The standard InChI is InChI=1S/C11H19N3O/c1-3-7-12-10-5-4-6-11(14-10)13-8-9(2)15/h4-6,9,15H,3,7-8H2,1-2H3,(H2,12,13,14). The van der Waals surface area contributed by atoms with Gasteiger partial charge in [0.05, 0.1) is 6.10 Å². The predicted octanol–water partition coefficient (Wildman–Crippen LogP) is 1.70. The quantitative estimate of drug-likeness (QED) is 0.667. The number of pyridine rings is 1. The van der Waals surface area contributed by atoms with Crippen LogP contribution in [0.5, 0.6) is 0 Å². The molecule has 0 saturated heterocycles. The summed E-state index contributed by atoms with van der Waals surface area (Å²) in [5.74, 6) is 1.66. The summed E-state index contributed by atoms with van der Waals surface area (Å²) < 4.78 is 0. The summed E-state index contributed by atoms with van der Waals surface area (Å²) in [5, 5.41) is 15.4. The van der Waals surface area contributed by atoms with Crippen molar-refractivity contribution in [2.75, 3.05) is 23.7 Å². The molecule has 0 saturated carbocycles. The zero-order chi connectivity index (χ0) is 11.1. The van der Waals surface area contributed by atoms with E-state index in [9.17, 15) is 0 Å². The molecule has 3 N–H and O–H groups in total. The van der Waals surface area contributed by atoms with Gasteiger partial charge in [0.15, 0.2) is 0 Å². The summed E-state index contributed by atoms with van der Waals surface area (Å²) in [6.07, 6.45) is 0.714. The van der Waals surface area contributed by atoms with Crippen molar-refractivity contribution in [2.45, 2.75) is 26.4 Å². The van der Waals surface area contributed by atoms with Crippen LogP contribution in [0.2, 0.25) is 0 Å². The Hall–Kier alpha value is -1.29. The van der Waals surface area contributed by atoms with Crippen LogP contribution in [0.25, 0.3) is 0 Å². The Balaban J connectivity index is 2.50. The summed E-state index contributed by atoms with van der Waals surface area (Å²) in [4.78, 5) is 4.35. The first-order valence-electron chi connectivity index (χ1n) is 5.35. The maximum absolute atomic E-state index is 9.12. The van der Waals surface area contributed by atoms with Crippen molar-refractivity contribution in [3.63, 3.8) is 0 Å². The van der Waals surface area contributed by atoms with Crippen LogP contribution in [-0.4, -0.2) is 29.3 Å². The molecule has 84 valence electrons. The summed E-state index contributed by atoms with van der Waals surface area (Å²) in [7, 11) is 0. The number of hydrogen-bond acceptors (Lipinski definition) is 4. The number of aromatic nitrogens is 1. The minimum Gasteiger partial charge on any atom is -0.392 e. The van der Waals surface area contributed by atoms with Gasteiger partial charge in [-0.25, -0.2) is 4.98 Å². The van der Waals surface area contributed by atoms with Crippen LogP contribution in [0.4, 0.5) is 11.6 Å². The molecule has 0 fully saturated rings. The van der Waals surface area contributed by atoms with Gasteiger partial charge >= 0.3 is 0 Å². The number of anilines is 2. The third kappa shape index (κ3) is 4.65. The van der Waals surface area contributed by atoms with Gasteiger partial charge in [-0.3, -0.25) is 0 Å². The molecule has 4 nitrogen and oxygen atoms in total. The summed E-state index contributed by atoms with van der Waals surface area (Å²) in [6.45, 7) is 5.30. The zero-order valence-electron chi connectivity index (χ0n) is 9.33. The van der Waals surface area contributed by atoms with Crippen LogP contribution >= 0.6 is 0 Å². The van der Waals surface area contributed by atoms with Gasteiger partial charge < -0.3 is 15.7 Å². The first-order valence-corrected chi connectivity index (χ1v) is 5.35. The molecule has 0 radical (unpaired) electrons. The van der Waals surface area contributed by atoms with Gasteiger partial charge in [-0.2, -0.15) is 0 Å². The van der Waals surface area contributed by atoms with E-state index < -0.39 is 0 Å². The van der Waals surface area contributed by atoms with Crippen molar-refractivity contribution >= 4 is 11.6 Å². The molecule has 1 aromatic rings. The summed E-state index contributed by atoms with van der Waals surface area (Å²) in [6, 6.07) is 5.76. The van der Waals surface area contributed by atoms with E-state index in [0.717, 1.165) is 24.6 Å². The molecule has 15 heavy (non-hydrogen) atoms. The fourth-order valence-corrected chi connectivity index (χ4v) is 1.14. The van der Waals surface area contributed by atoms with E-state index in [4.69, 9.17) is 5.11 Å². The van der Waals surface area contributed by atoms with Crippen LogP contribution in [0.15, 0.2) is 18.2 Å². The minimum absolute atomic E-state index is 0.362. The molecule has 0 aromatic carbocycles. The molecule has 1 aromatic heterocycles. The highest BCUT2D eigenvalue weighted by atomic mass is 16.3. The van der Waals surface area contributed by atoms with Gasteiger partial charge in [0.2, 0.25) is 0 Å². The number of hydrogen-bond donors (Lipinski definition) is 3. The largest absolute Gasteiger partial charge is 0.392 e. The van der Waals surface area contributed by atoms with Crippen LogP contribution in [0, 0.1) is 0 Å². The lowest BCUT2D eigenvalue weighted by atomic mass is 10.4. The van der Waals surface area contributed by atoms with E-state index in [1.807, 2.05) is 18.2 Å². The Kier molecular flexibility index (Phi) is 4.90. The summed E-state index contributed by atoms with van der Waals surface area (Å²) in [5.41, 5.74) is 0. The van der Waals surface area contributed by atoms with Gasteiger partial charge in [-0.15, -0.1) is 0 Å². The number of nitrogens with one attached hydrogen (secondary N) is 2. The van der Waals surface area contributed by atoms with Crippen LogP contribution in [0.3, 0.4) is 0 Å². The second-order valence-electron chi connectivity index (χ2n) is 3.56. The van der Waals surface area contributed by atoms with E-state index in [2.05, 4.69) is 22.5 Å². The van der Waals surface area contributed by atoms with Crippen molar-refractivity contribution in [3.8, 4) is 0 Å². The number of rotatable bonds is 6. The highest BCUT2D eigenvalue weighted by Crippen LogP contribution is 2.08. The van der Waals surface area contributed by atoms with Gasteiger partial charge in [-0.1, -0.05) is 13.0 Å². The monoisotopic (exact) mass is 209 g/mol. The molecule has 1 rings (SSSR count). The van der Waals surface area contributed by atoms with Crippen molar-refractivity contribution in [3.05, 3.63) is 18.2 Å². The molecule has 1 unspecified atom stereocenters. The highest BCUT2D eigenvalue weighted by molar-refractivity contribution is 5.45. The Morgan fingerprint density at radius 1 is 1.33 bits per heavy atom. The molecule has 4 heteroatoms. The van der Waals surface area contributed by atoms with E-state index in [0.29, 0.717) is 6.54 Å². The van der Waals surface area contributed by atoms with Crippen molar-refractivity contribution in [1.82, 2.24) is 4.98 Å². The minimum atomic E-state index is -0.362. The molecule has 0 spiro atoms. The average Bonchev–Trinajstić information content (AvgIpc) is 2.24. The number of aliphatic hydroxyl groups is 1. The lowest BCUT2D eigenvalue weighted by molar-refractivity contribution is 0.208. The van der Waals surface area contributed by atoms with E-state index in [1.165, 1.54) is 0 Å². The molecule has 1 atom stereocenters. The fraction of sp³-hybridized carbons (Fsp3) is 0.545. The van der Waals surface area contributed by atoms with Crippen LogP contribution < -0.4 is 10.6 Å². The van der Waals surface area contributed by atoms with Gasteiger partial charge in [0, 0.05) is 13.1 Å². The average molecular weight is 209 g/mol. The first kappa shape index (κ1) is 11.8. The number of aliphatic hydroxyl groups excluding tert-OH is 1. The Bertz CT molecular complexity index is 289. The zero-order valence-corrected chi connectivity index (χ0v) is 9.33. The second kappa shape index (κ2) is 6.24. The fourth-order valence-electron chi connectivity index (χ4n) is 1.14. The third-order valence-electron chi connectivity index (χ3n) is 1.88. The van der Waals surface area contributed by atoms with E-state index in [-0.39, 0.29) is 6.10 Å². The van der Waals surface area contributed by atoms with Gasteiger partial charge in [0.1, 0.15) is 11.6 Å².